The maximum absolute atomic E-state index is 11.7. The molecule has 4 atom stereocenters. The number of fused-ring (bicyclic) bond motifs is 2. The van der Waals surface area contributed by atoms with E-state index < -0.39 is 36.3 Å². The number of hydrogen-bond acceptors (Lipinski definition) is 8. The summed E-state index contributed by atoms with van der Waals surface area (Å²) in [5.74, 6) is -1.28. The number of carbonyl (C=O) groups is 1. The second kappa shape index (κ2) is 6.36. The molecule has 0 amide bonds. The van der Waals surface area contributed by atoms with Crippen LogP contribution in [0.3, 0.4) is 0 Å². The molecule has 150 valence electrons. The number of ether oxygens (including phenoxy) is 3. The summed E-state index contributed by atoms with van der Waals surface area (Å²) in [6.07, 6.45) is 4.63. The Morgan fingerprint density at radius 3 is 2.71 bits per heavy atom. The molecule has 1 saturated carbocycles. The van der Waals surface area contributed by atoms with Crippen LogP contribution in [0.5, 0.6) is 0 Å². The highest BCUT2D eigenvalue weighted by Crippen LogP contribution is 2.44. The lowest BCUT2D eigenvalue weighted by molar-refractivity contribution is -0.202. The minimum Gasteiger partial charge on any atom is -0.479 e. The van der Waals surface area contributed by atoms with Crippen LogP contribution in [-0.4, -0.2) is 60.7 Å². The molecule has 5 rings (SSSR count). The first kappa shape index (κ1) is 17.8. The van der Waals surface area contributed by atoms with Crippen LogP contribution in [0.2, 0.25) is 0 Å². The lowest BCUT2D eigenvalue weighted by Crippen LogP contribution is -2.35. The van der Waals surface area contributed by atoms with E-state index in [0.29, 0.717) is 23.0 Å². The Kier molecular flexibility index (Phi) is 4.04. The van der Waals surface area contributed by atoms with Crippen LogP contribution in [0, 0.1) is 0 Å². The van der Waals surface area contributed by atoms with Crippen LogP contribution in [0.25, 0.3) is 11.2 Å². The average molecular weight is 389 g/mol. The fourth-order valence-corrected chi connectivity index (χ4v) is 4.41. The molecule has 0 radical (unpaired) electrons. The SMILES string of the molecule is CC1(C)OC2C(C(=O)O)OC(n3cnc4c(NC5CCCC5)ncnc43)C2O1. The van der Waals surface area contributed by atoms with Gasteiger partial charge in [-0.2, -0.15) is 0 Å². The maximum atomic E-state index is 11.7. The molecule has 1 aliphatic carbocycles. The second-order valence-electron chi connectivity index (χ2n) is 8.02. The van der Waals surface area contributed by atoms with E-state index >= 15 is 0 Å². The van der Waals surface area contributed by atoms with Gasteiger partial charge >= 0.3 is 5.97 Å². The first-order chi connectivity index (χ1) is 13.4. The number of anilines is 1. The molecule has 3 aliphatic rings. The Morgan fingerprint density at radius 1 is 1.21 bits per heavy atom. The average Bonchev–Trinajstić information content (AvgIpc) is 3.38. The first-order valence-electron chi connectivity index (χ1n) is 9.61. The molecule has 2 aromatic rings. The van der Waals surface area contributed by atoms with Gasteiger partial charge in [0.15, 0.2) is 35.1 Å². The molecule has 28 heavy (non-hydrogen) atoms. The summed E-state index contributed by atoms with van der Waals surface area (Å²) in [7, 11) is 0. The van der Waals surface area contributed by atoms with Crippen molar-refractivity contribution in [3.05, 3.63) is 12.7 Å². The van der Waals surface area contributed by atoms with Crippen LogP contribution in [0.1, 0.15) is 45.8 Å². The van der Waals surface area contributed by atoms with Crippen LogP contribution in [0.4, 0.5) is 5.82 Å². The van der Waals surface area contributed by atoms with Gasteiger partial charge in [0.05, 0.1) is 6.33 Å². The van der Waals surface area contributed by atoms with E-state index in [1.54, 1.807) is 24.7 Å². The van der Waals surface area contributed by atoms with Gasteiger partial charge in [-0.1, -0.05) is 12.8 Å². The molecule has 0 aromatic carbocycles. The monoisotopic (exact) mass is 389 g/mol. The molecule has 0 bridgehead atoms. The zero-order valence-corrected chi connectivity index (χ0v) is 15.7. The van der Waals surface area contributed by atoms with E-state index in [0.717, 1.165) is 12.8 Å². The zero-order chi connectivity index (χ0) is 19.5. The second-order valence-corrected chi connectivity index (χ2v) is 8.02. The third kappa shape index (κ3) is 2.83. The summed E-state index contributed by atoms with van der Waals surface area (Å²) in [5, 5.41) is 13.0. The third-order valence-electron chi connectivity index (χ3n) is 5.60. The Balaban J connectivity index is 1.50. The van der Waals surface area contributed by atoms with Crippen molar-refractivity contribution >= 4 is 23.0 Å². The van der Waals surface area contributed by atoms with Gasteiger partial charge in [-0.05, 0) is 26.7 Å². The van der Waals surface area contributed by atoms with Crippen LogP contribution >= 0.6 is 0 Å². The Bertz CT molecular complexity index is 909. The summed E-state index contributed by atoms with van der Waals surface area (Å²) in [6.45, 7) is 3.53. The number of carboxylic acid groups (broad SMARTS) is 1. The number of rotatable bonds is 4. The van der Waals surface area contributed by atoms with Crippen molar-refractivity contribution in [1.82, 2.24) is 19.5 Å². The normalized spacial score (nSPS) is 32.1. The lowest BCUT2D eigenvalue weighted by Gasteiger charge is -2.23. The van der Waals surface area contributed by atoms with Gasteiger partial charge in [-0.25, -0.2) is 19.7 Å². The fraction of sp³-hybridized carbons (Fsp3) is 0.667. The zero-order valence-electron chi connectivity index (χ0n) is 15.7. The van der Waals surface area contributed by atoms with Gasteiger partial charge in [0.2, 0.25) is 0 Å². The van der Waals surface area contributed by atoms with Gasteiger partial charge in [0.1, 0.15) is 18.5 Å². The van der Waals surface area contributed by atoms with Crippen molar-refractivity contribution in [3.8, 4) is 0 Å². The molecule has 4 unspecified atom stereocenters. The smallest absolute Gasteiger partial charge is 0.335 e. The summed E-state index contributed by atoms with van der Waals surface area (Å²) < 4.78 is 19.3. The minimum absolute atomic E-state index is 0.388. The van der Waals surface area contributed by atoms with Gasteiger partial charge in [0.25, 0.3) is 0 Å². The third-order valence-corrected chi connectivity index (χ3v) is 5.60. The summed E-state index contributed by atoms with van der Waals surface area (Å²) in [4.78, 5) is 24.9. The van der Waals surface area contributed by atoms with Gasteiger partial charge in [0, 0.05) is 6.04 Å². The van der Waals surface area contributed by atoms with Crippen molar-refractivity contribution in [2.24, 2.45) is 0 Å². The van der Waals surface area contributed by atoms with E-state index in [1.165, 1.54) is 19.2 Å². The van der Waals surface area contributed by atoms with Crippen LogP contribution in [-0.2, 0) is 19.0 Å². The van der Waals surface area contributed by atoms with E-state index in [-0.39, 0.29) is 0 Å². The topological polar surface area (TPSA) is 121 Å². The van der Waals surface area contributed by atoms with E-state index in [1.807, 2.05) is 0 Å². The molecule has 10 heteroatoms. The van der Waals surface area contributed by atoms with Gasteiger partial charge < -0.3 is 24.6 Å². The number of aliphatic carboxylic acids is 1. The molecule has 4 heterocycles. The van der Waals surface area contributed by atoms with Gasteiger partial charge in [-0.3, -0.25) is 4.57 Å². The number of imidazole rings is 1. The first-order valence-corrected chi connectivity index (χ1v) is 9.61. The summed E-state index contributed by atoms with van der Waals surface area (Å²) in [6, 6.07) is 0.388. The molecule has 2 N–H and O–H groups in total. The lowest BCUT2D eigenvalue weighted by atomic mass is 10.1. The van der Waals surface area contributed by atoms with Gasteiger partial charge in [-0.15, -0.1) is 0 Å². The van der Waals surface area contributed by atoms with Crippen LogP contribution < -0.4 is 5.32 Å². The molecule has 2 saturated heterocycles. The molecule has 10 nitrogen and oxygen atoms in total. The highest BCUT2D eigenvalue weighted by Gasteiger charge is 2.58. The van der Waals surface area contributed by atoms with E-state index in [9.17, 15) is 9.90 Å². The fourth-order valence-electron chi connectivity index (χ4n) is 4.41. The number of hydrogen-bond donors (Lipinski definition) is 2. The van der Waals surface area contributed by atoms with E-state index in [4.69, 9.17) is 14.2 Å². The summed E-state index contributed by atoms with van der Waals surface area (Å²) >= 11 is 0. The molecule has 0 spiro atoms. The van der Waals surface area contributed by atoms with Crippen molar-refractivity contribution in [2.75, 3.05) is 5.32 Å². The predicted octanol–water partition coefficient (Wildman–Crippen LogP) is 1.68. The van der Waals surface area contributed by atoms with Crippen LogP contribution in [0.15, 0.2) is 12.7 Å². The highest BCUT2D eigenvalue weighted by molar-refractivity contribution is 5.83. The van der Waals surface area contributed by atoms with Crippen molar-refractivity contribution in [1.29, 1.82) is 0 Å². The highest BCUT2D eigenvalue weighted by atomic mass is 16.8. The van der Waals surface area contributed by atoms with Crippen molar-refractivity contribution in [2.45, 2.75) is 75.9 Å². The minimum atomic E-state index is -1.12. The predicted molar refractivity (Wildman–Crippen MR) is 96.6 cm³/mol. The Morgan fingerprint density at radius 2 is 1.96 bits per heavy atom. The molecule has 2 aromatic heterocycles. The molecule has 3 fully saturated rings. The quantitative estimate of drug-likeness (QED) is 0.804. The maximum Gasteiger partial charge on any atom is 0.335 e. The number of nitrogens with zero attached hydrogens (tertiary/aromatic N) is 4. The van der Waals surface area contributed by atoms with Crippen molar-refractivity contribution in [3.63, 3.8) is 0 Å². The largest absolute Gasteiger partial charge is 0.479 e. The standard InChI is InChI=1S/C18H23N5O5/c1-18(2)27-11-12(28-18)16(26-13(11)17(24)25)23-8-21-10-14(19-7-20-15(10)23)22-9-5-3-4-6-9/h7-9,11-13,16H,3-6H2,1-2H3,(H,24,25)(H,19,20,22). The number of nitrogens with one attached hydrogen (secondary N) is 1. The molecular formula is C18H23N5O5. The van der Waals surface area contributed by atoms with Crippen molar-refractivity contribution < 1.29 is 24.1 Å². The number of aromatic nitrogens is 4. The molecular weight excluding hydrogens is 366 g/mol. The molecule has 2 aliphatic heterocycles. The Hall–Kier alpha value is -2.30. The summed E-state index contributed by atoms with van der Waals surface area (Å²) in [5.41, 5.74) is 1.20. The Labute approximate surface area is 161 Å². The number of carboxylic acids is 1. The van der Waals surface area contributed by atoms with E-state index in [2.05, 4.69) is 20.3 Å².